The molecule has 0 N–H and O–H groups in total. The van der Waals surface area contributed by atoms with Gasteiger partial charge in [-0.1, -0.05) is 6.07 Å². The summed E-state index contributed by atoms with van der Waals surface area (Å²) in [5.41, 5.74) is -0.0184. The zero-order chi connectivity index (χ0) is 23.8. The molecule has 1 aliphatic carbocycles. The lowest BCUT2D eigenvalue weighted by Gasteiger charge is -2.31. The molecule has 1 aliphatic heterocycles. The van der Waals surface area contributed by atoms with E-state index in [1.807, 2.05) is 18.2 Å². The highest BCUT2D eigenvalue weighted by molar-refractivity contribution is 5.91. The number of rotatable bonds is 4. The van der Waals surface area contributed by atoms with E-state index in [0.29, 0.717) is 25.3 Å². The normalized spacial score (nSPS) is 22.1. The molecule has 32 heavy (non-hydrogen) atoms. The molecule has 0 spiro atoms. The van der Waals surface area contributed by atoms with Crippen LogP contribution in [0.15, 0.2) is 24.3 Å². The lowest BCUT2D eigenvalue weighted by atomic mass is 10.2. The van der Waals surface area contributed by atoms with Crippen LogP contribution < -0.4 is 4.90 Å². The molecule has 8 nitrogen and oxygen atoms in total. The van der Waals surface area contributed by atoms with Crippen molar-refractivity contribution in [2.24, 2.45) is 11.8 Å². The molecule has 2 amide bonds. The van der Waals surface area contributed by atoms with Crippen LogP contribution in [0.4, 0.5) is 15.3 Å². The number of esters is 1. The summed E-state index contributed by atoms with van der Waals surface area (Å²) >= 11 is 0. The second kappa shape index (κ2) is 8.64. The van der Waals surface area contributed by atoms with Crippen LogP contribution in [0.5, 0.6) is 0 Å². The third kappa shape index (κ3) is 5.53. The van der Waals surface area contributed by atoms with Gasteiger partial charge in [-0.25, -0.2) is 19.3 Å². The van der Waals surface area contributed by atoms with Crippen LogP contribution in [-0.4, -0.2) is 60.0 Å². The van der Waals surface area contributed by atoms with Crippen molar-refractivity contribution >= 4 is 23.8 Å². The van der Waals surface area contributed by atoms with Crippen molar-refractivity contribution in [3.8, 4) is 0 Å². The van der Waals surface area contributed by atoms with Gasteiger partial charge in [0, 0.05) is 30.6 Å². The summed E-state index contributed by atoms with van der Waals surface area (Å²) in [6.45, 7) is 14.0. The summed E-state index contributed by atoms with van der Waals surface area (Å²) in [5.74, 6) is -0.0971. The molecule has 1 aromatic carbocycles. The summed E-state index contributed by atoms with van der Waals surface area (Å²) in [6, 6.07) is 7.06. The average molecular weight is 447 g/mol. The Morgan fingerprint density at radius 1 is 0.969 bits per heavy atom. The van der Waals surface area contributed by atoms with Gasteiger partial charge in [0.25, 0.3) is 0 Å². The number of benzene rings is 1. The Bertz CT molecular complexity index is 845. The number of nitrogens with zero attached hydrogens (tertiary/aromatic N) is 2. The Hall–Kier alpha value is -2.77. The predicted molar refractivity (Wildman–Crippen MR) is 120 cm³/mol. The van der Waals surface area contributed by atoms with Crippen molar-refractivity contribution in [3.05, 3.63) is 29.8 Å². The highest BCUT2D eigenvalue weighted by atomic mass is 16.6. The molecule has 0 bridgehead atoms. The minimum Gasteiger partial charge on any atom is -0.462 e. The van der Waals surface area contributed by atoms with Gasteiger partial charge >= 0.3 is 18.2 Å². The van der Waals surface area contributed by atoms with Crippen molar-refractivity contribution in [3.63, 3.8) is 0 Å². The first-order chi connectivity index (χ1) is 14.8. The molecule has 2 fully saturated rings. The van der Waals surface area contributed by atoms with Crippen LogP contribution in [-0.2, 0) is 14.2 Å². The lowest BCUT2D eigenvalue weighted by molar-refractivity contribution is -0.00219. The fraction of sp³-hybridized carbons (Fsp3) is 0.625. The quantitative estimate of drug-likeness (QED) is 0.498. The second-order valence-corrected chi connectivity index (χ2v) is 10.3. The SMILES string of the molecule is CCOC(=O)c1cccc(N2C[C@@H]3[C@H](C2)[C@@H]3N(C(=O)OC(C)(C)C)C(=O)OC(C)(C)C)c1. The number of hydrogen-bond acceptors (Lipinski definition) is 7. The van der Waals surface area contributed by atoms with Crippen molar-refractivity contribution in [1.82, 2.24) is 4.90 Å². The molecule has 1 aromatic rings. The summed E-state index contributed by atoms with van der Waals surface area (Å²) < 4.78 is 16.1. The van der Waals surface area contributed by atoms with Gasteiger partial charge in [-0.3, -0.25) is 0 Å². The van der Waals surface area contributed by atoms with Crippen LogP contribution in [0.25, 0.3) is 0 Å². The Morgan fingerprint density at radius 2 is 1.50 bits per heavy atom. The maximum atomic E-state index is 12.9. The minimum absolute atomic E-state index is 0.126. The molecule has 1 saturated carbocycles. The Morgan fingerprint density at radius 3 is 1.97 bits per heavy atom. The molecule has 3 atom stereocenters. The van der Waals surface area contributed by atoms with Gasteiger partial charge in [0.15, 0.2) is 0 Å². The Kier molecular flexibility index (Phi) is 6.45. The fourth-order valence-electron chi connectivity index (χ4n) is 4.07. The van der Waals surface area contributed by atoms with E-state index in [2.05, 4.69) is 4.90 Å². The maximum absolute atomic E-state index is 12.9. The zero-order valence-electron chi connectivity index (χ0n) is 20.0. The number of ether oxygens (including phenoxy) is 3. The number of carbonyl (C=O) groups is 3. The third-order valence-electron chi connectivity index (χ3n) is 5.35. The number of imide groups is 1. The zero-order valence-corrected chi connectivity index (χ0v) is 20.0. The molecule has 0 radical (unpaired) electrons. The highest BCUT2D eigenvalue weighted by Crippen LogP contribution is 2.50. The predicted octanol–water partition coefficient (Wildman–Crippen LogP) is 4.47. The van der Waals surface area contributed by atoms with Gasteiger partial charge in [0.1, 0.15) is 11.2 Å². The van der Waals surface area contributed by atoms with Crippen LogP contribution in [0.2, 0.25) is 0 Å². The first kappa shape index (κ1) is 23.9. The van der Waals surface area contributed by atoms with Crippen LogP contribution >= 0.6 is 0 Å². The summed E-state index contributed by atoms with van der Waals surface area (Å²) in [5, 5.41) is 0. The molecule has 0 unspecified atom stereocenters. The molecule has 2 aliphatic rings. The second-order valence-electron chi connectivity index (χ2n) is 10.3. The molecular weight excluding hydrogens is 412 g/mol. The summed E-state index contributed by atoms with van der Waals surface area (Å²) in [7, 11) is 0. The fourth-order valence-corrected chi connectivity index (χ4v) is 4.07. The number of piperidine rings is 1. The Balaban J connectivity index is 1.72. The first-order valence-electron chi connectivity index (χ1n) is 11.1. The van der Waals surface area contributed by atoms with Gasteiger partial charge in [0.2, 0.25) is 0 Å². The van der Waals surface area contributed by atoms with Gasteiger partial charge in [-0.15, -0.1) is 0 Å². The Labute approximate surface area is 189 Å². The van der Waals surface area contributed by atoms with Crippen molar-refractivity contribution in [2.75, 3.05) is 24.6 Å². The standard InChI is InChI=1S/C24H34N2O6/c1-8-30-20(27)15-10-9-11-16(12-15)25-13-17-18(14-25)19(17)26(21(28)31-23(2,3)4)22(29)32-24(5,6)7/h9-12,17-19H,8,13-14H2,1-7H3/t17-,18+,19-. The van der Waals surface area contributed by atoms with E-state index in [0.717, 1.165) is 10.6 Å². The molecule has 176 valence electrons. The molecule has 0 aromatic heterocycles. The van der Waals surface area contributed by atoms with Crippen LogP contribution in [0.1, 0.15) is 58.8 Å². The van der Waals surface area contributed by atoms with Crippen LogP contribution in [0.3, 0.4) is 0 Å². The van der Waals surface area contributed by atoms with E-state index in [4.69, 9.17) is 14.2 Å². The van der Waals surface area contributed by atoms with E-state index < -0.39 is 23.4 Å². The number of amides is 2. The van der Waals surface area contributed by atoms with Crippen molar-refractivity contribution in [2.45, 2.75) is 65.7 Å². The maximum Gasteiger partial charge on any atom is 0.420 e. The van der Waals surface area contributed by atoms with Crippen LogP contribution in [0, 0.1) is 11.8 Å². The topological polar surface area (TPSA) is 85.4 Å². The molecular formula is C24H34N2O6. The number of fused-ring (bicyclic) bond motifs is 1. The molecule has 3 rings (SSSR count). The summed E-state index contributed by atoms with van der Waals surface area (Å²) in [6.07, 6.45) is -1.36. The van der Waals surface area contributed by atoms with E-state index >= 15 is 0 Å². The molecule has 8 heteroatoms. The van der Waals surface area contributed by atoms with E-state index in [9.17, 15) is 14.4 Å². The van der Waals surface area contributed by atoms with E-state index in [-0.39, 0.29) is 23.8 Å². The molecule has 1 saturated heterocycles. The minimum atomic E-state index is -0.721. The number of anilines is 1. The highest BCUT2D eigenvalue weighted by Gasteiger charge is 2.62. The first-order valence-corrected chi connectivity index (χ1v) is 11.1. The van der Waals surface area contributed by atoms with Gasteiger partial charge in [0.05, 0.1) is 18.2 Å². The summed E-state index contributed by atoms with van der Waals surface area (Å²) in [4.78, 5) is 41.1. The van der Waals surface area contributed by atoms with E-state index in [1.54, 1.807) is 54.5 Å². The van der Waals surface area contributed by atoms with Gasteiger partial charge < -0.3 is 19.1 Å². The smallest absolute Gasteiger partial charge is 0.420 e. The van der Waals surface area contributed by atoms with Gasteiger partial charge in [-0.2, -0.15) is 0 Å². The van der Waals surface area contributed by atoms with Crippen molar-refractivity contribution in [1.29, 1.82) is 0 Å². The van der Waals surface area contributed by atoms with E-state index in [1.165, 1.54) is 0 Å². The number of carbonyl (C=O) groups excluding carboxylic acids is 3. The van der Waals surface area contributed by atoms with Crippen molar-refractivity contribution < 1.29 is 28.6 Å². The lowest BCUT2D eigenvalue weighted by Crippen LogP contribution is -2.47. The average Bonchev–Trinajstić information content (AvgIpc) is 3.10. The molecule has 1 heterocycles. The monoisotopic (exact) mass is 446 g/mol. The third-order valence-corrected chi connectivity index (χ3v) is 5.35. The van der Waals surface area contributed by atoms with Gasteiger partial charge in [-0.05, 0) is 66.7 Å². The number of hydrogen-bond donors (Lipinski definition) is 0. The largest absolute Gasteiger partial charge is 0.462 e.